The van der Waals surface area contributed by atoms with Crippen LogP contribution in [0.3, 0.4) is 0 Å². The van der Waals surface area contributed by atoms with E-state index >= 15 is 0 Å². The highest BCUT2D eigenvalue weighted by Crippen LogP contribution is 2.05. The second kappa shape index (κ2) is 4.93. The van der Waals surface area contributed by atoms with Crippen molar-refractivity contribution < 1.29 is 14.4 Å². The average molecular weight is 212 g/mol. The maximum atomic E-state index is 10.9. The Labute approximate surface area is 88.5 Å². The van der Waals surface area contributed by atoms with Crippen molar-refractivity contribution in [3.63, 3.8) is 0 Å². The molecule has 1 aromatic rings. The van der Waals surface area contributed by atoms with Crippen molar-refractivity contribution in [1.82, 2.24) is 10.5 Å². The number of rotatable bonds is 5. The van der Waals surface area contributed by atoms with Crippen molar-refractivity contribution in [3.8, 4) is 0 Å². The molecule has 84 valence electrons. The first-order valence-corrected chi connectivity index (χ1v) is 4.89. The number of aliphatic carboxylic acids is 1. The molecule has 1 rings (SSSR count). The fourth-order valence-electron chi connectivity index (χ4n) is 1.32. The maximum Gasteiger partial charge on any atom is 0.320 e. The van der Waals surface area contributed by atoms with Gasteiger partial charge in [0.25, 0.3) is 0 Å². The average Bonchev–Trinajstić information content (AvgIpc) is 2.50. The van der Waals surface area contributed by atoms with Crippen LogP contribution in [0.25, 0.3) is 0 Å². The van der Waals surface area contributed by atoms with Gasteiger partial charge >= 0.3 is 5.97 Å². The first-order valence-electron chi connectivity index (χ1n) is 4.89. The lowest BCUT2D eigenvalue weighted by atomic mass is 10.0. The second-order valence-corrected chi connectivity index (χ2v) is 3.88. The van der Waals surface area contributed by atoms with Crippen molar-refractivity contribution in [2.75, 3.05) is 0 Å². The smallest absolute Gasteiger partial charge is 0.320 e. The zero-order valence-electron chi connectivity index (χ0n) is 9.15. The van der Waals surface area contributed by atoms with Gasteiger partial charge in [0, 0.05) is 6.07 Å². The molecule has 0 aliphatic rings. The highest BCUT2D eigenvalue weighted by atomic mass is 16.5. The third-order valence-electron chi connectivity index (χ3n) is 2.11. The molecule has 0 fully saturated rings. The zero-order valence-corrected chi connectivity index (χ0v) is 9.15. The normalized spacial score (nSPS) is 13.1. The quantitative estimate of drug-likeness (QED) is 0.766. The number of carbonyl (C=O) groups is 1. The van der Waals surface area contributed by atoms with Gasteiger partial charge in [-0.2, -0.15) is 0 Å². The minimum atomic E-state index is -0.846. The van der Waals surface area contributed by atoms with Gasteiger partial charge in [-0.1, -0.05) is 19.0 Å². The number of hydrogen-bond donors (Lipinski definition) is 2. The highest BCUT2D eigenvalue weighted by Gasteiger charge is 2.20. The van der Waals surface area contributed by atoms with Crippen molar-refractivity contribution in [1.29, 1.82) is 0 Å². The van der Waals surface area contributed by atoms with Crippen LogP contribution < -0.4 is 5.32 Å². The lowest BCUT2D eigenvalue weighted by Gasteiger charge is -2.16. The largest absolute Gasteiger partial charge is 0.480 e. The van der Waals surface area contributed by atoms with E-state index in [9.17, 15) is 4.79 Å². The van der Waals surface area contributed by atoms with Gasteiger partial charge in [-0.25, -0.2) is 0 Å². The van der Waals surface area contributed by atoms with Crippen LogP contribution in [0, 0.1) is 12.8 Å². The molecule has 0 saturated heterocycles. The third kappa shape index (κ3) is 3.36. The Bertz CT molecular complexity index is 333. The fourth-order valence-corrected chi connectivity index (χ4v) is 1.32. The van der Waals surface area contributed by atoms with Gasteiger partial charge in [0.1, 0.15) is 6.04 Å². The van der Waals surface area contributed by atoms with E-state index in [-0.39, 0.29) is 5.92 Å². The predicted molar refractivity (Wildman–Crippen MR) is 54.3 cm³/mol. The van der Waals surface area contributed by atoms with Crippen molar-refractivity contribution in [3.05, 3.63) is 17.5 Å². The van der Waals surface area contributed by atoms with E-state index in [2.05, 4.69) is 10.5 Å². The molecular weight excluding hydrogens is 196 g/mol. The van der Waals surface area contributed by atoms with Crippen LogP contribution in [0.5, 0.6) is 0 Å². The number of nitrogens with one attached hydrogen (secondary N) is 1. The van der Waals surface area contributed by atoms with Crippen LogP contribution >= 0.6 is 0 Å². The molecule has 0 radical (unpaired) electrons. The molecule has 15 heavy (non-hydrogen) atoms. The molecule has 0 saturated carbocycles. The van der Waals surface area contributed by atoms with E-state index in [0.717, 1.165) is 5.69 Å². The number of carboxylic acid groups (broad SMARTS) is 1. The first kappa shape index (κ1) is 11.7. The number of nitrogens with zero attached hydrogens (tertiary/aromatic N) is 1. The molecule has 1 atom stereocenters. The molecule has 1 aromatic heterocycles. The van der Waals surface area contributed by atoms with Crippen LogP contribution in [0.2, 0.25) is 0 Å². The maximum absolute atomic E-state index is 10.9. The molecule has 2 N–H and O–H groups in total. The van der Waals surface area contributed by atoms with Crippen LogP contribution in [0.15, 0.2) is 10.6 Å². The molecule has 0 aliphatic heterocycles. The molecule has 0 spiro atoms. The van der Waals surface area contributed by atoms with Gasteiger partial charge in [0.15, 0.2) is 5.76 Å². The summed E-state index contributed by atoms with van der Waals surface area (Å²) in [6.45, 7) is 5.93. The van der Waals surface area contributed by atoms with Gasteiger partial charge < -0.3 is 9.63 Å². The van der Waals surface area contributed by atoms with Gasteiger partial charge in [-0.3, -0.25) is 10.1 Å². The molecule has 0 aliphatic carbocycles. The van der Waals surface area contributed by atoms with E-state index in [1.54, 1.807) is 6.07 Å². The number of aromatic nitrogens is 1. The summed E-state index contributed by atoms with van der Waals surface area (Å²) in [6, 6.07) is 1.22. The Kier molecular flexibility index (Phi) is 3.85. The minimum absolute atomic E-state index is 0.0338. The van der Waals surface area contributed by atoms with E-state index in [0.29, 0.717) is 12.3 Å². The van der Waals surface area contributed by atoms with E-state index < -0.39 is 12.0 Å². The Balaban J connectivity index is 2.50. The van der Waals surface area contributed by atoms with Crippen molar-refractivity contribution in [2.24, 2.45) is 5.92 Å². The van der Waals surface area contributed by atoms with Crippen LogP contribution in [0.4, 0.5) is 0 Å². The standard InChI is InChI=1S/C10H16N2O3/c1-6(2)9(10(13)14)11-5-8-4-7(3)12-15-8/h4,6,9,11H,5H2,1-3H3,(H,13,14). The molecule has 0 aromatic carbocycles. The summed E-state index contributed by atoms with van der Waals surface area (Å²) in [5.41, 5.74) is 0.795. The Morgan fingerprint density at radius 3 is 2.73 bits per heavy atom. The Hall–Kier alpha value is -1.36. The van der Waals surface area contributed by atoms with Crippen LogP contribution in [0.1, 0.15) is 25.3 Å². The highest BCUT2D eigenvalue weighted by molar-refractivity contribution is 5.73. The summed E-state index contributed by atoms with van der Waals surface area (Å²) in [6.07, 6.45) is 0. The Morgan fingerprint density at radius 2 is 2.33 bits per heavy atom. The van der Waals surface area contributed by atoms with Crippen LogP contribution in [-0.4, -0.2) is 22.3 Å². The fraction of sp³-hybridized carbons (Fsp3) is 0.600. The second-order valence-electron chi connectivity index (χ2n) is 3.88. The number of aryl methyl sites for hydroxylation is 1. The van der Waals surface area contributed by atoms with E-state index in [1.165, 1.54) is 0 Å². The monoisotopic (exact) mass is 212 g/mol. The molecule has 5 nitrogen and oxygen atoms in total. The first-order chi connectivity index (χ1) is 7.00. The summed E-state index contributed by atoms with van der Waals surface area (Å²) in [7, 11) is 0. The molecule has 0 amide bonds. The topological polar surface area (TPSA) is 75.4 Å². The van der Waals surface area contributed by atoms with E-state index in [4.69, 9.17) is 9.63 Å². The number of hydrogen-bond acceptors (Lipinski definition) is 4. The summed E-state index contributed by atoms with van der Waals surface area (Å²) < 4.78 is 4.97. The lowest BCUT2D eigenvalue weighted by molar-refractivity contribution is -0.140. The summed E-state index contributed by atoms with van der Waals surface area (Å²) >= 11 is 0. The molecule has 5 heteroatoms. The van der Waals surface area contributed by atoms with Gasteiger partial charge in [-0.05, 0) is 12.8 Å². The third-order valence-corrected chi connectivity index (χ3v) is 2.11. The van der Waals surface area contributed by atoms with Gasteiger partial charge in [0.05, 0.1) is 12.2 Å². The summed E-state index contributed by atoms with van der Waals surface area (Å²) in [5, 5.41) is 15.6. The van der Waals surface area contributed by atoms with Gasteiger partial charge in [-0.15, -0.1) is 0 Å². The molecular formula is C10H16N2O3. The molecule has 0 bridgehead atoms. The number of carboxylic acids is 1. The lowest BCUT2D eigenvalue weighted by Crippen LogP contribution is -2.40. The zero-order chi connectivity index (χ0) is 11.4. The van der Waals surface area contributed by atoms with Crippen LogP contribution in [-0.2, 0) is 11.3 Å². The summed E-state index contributed by atoms with van der Waals surface area (Å²) in [4.78, 5) is 10.9. The van der Waals surface area contributed by atoms with E-state index in [1.807, 2.05) is 20.8 Å². The summed E-state index contributed by atoms with van der Waals surface area (Å²) in [5.74, 6) is -0.160. The van der Waals surface area contributed by atoms with Gasteiger partial charge in [0.2, 0.25) is 0 Å². The molecule has 1 unspecified atom stereocenters. The molecule has 1 heterocycles. The Morgan fingerprint density at radius 1 is 1.67 bits per heavy atom. The SMILES string of the molecule is Cc1cc(CNC(C(=O)O)C(C)C)on1. The van der Waals surface area contributed by atoms with Crippen molar-refractivity contribution in [2.45, 2.75) is 33.4 Å². The predicted octanol–water partition coefficient (Wildman–Crippen LogP) is 1.18. The van der Waals surface area contributed by atoms with Crippen molar-refractivity contribution >= 4 is 5.97 Å². The minimum Gasteiger partial charge on any atom is -0.480 e.